The zero-order chi connectivity index (χ0) is 12.7. The lowest BCUT2D eigenvalue weighted by atomic mass is 10.2. The van der Waals surface area contributed by atoms with Gasteiger partial charge in [0.15, 0.2) is 0 Å². The van der Waals surface area contributed by atoms with E-state index in [1.165, 1.54) is 4.57 Å². The molecule has 1 saturated carbocycles. The van der Waals surface area contributed by atoms with Gasteiger partial charge in [0.1, 0.15) is 0 Å². The highest BCUT2D eigenvalue weighted by Gasteiger charge is 2.21. The van der Waals surface area contributed by atoms with Gasteiger partial charge in [-0.15, -0.1) is 0 Å². The highest BCUT2D eigenvalue weighted by molar-refractivity contribution is 9.10. The maximum atomic E-state index is 12.4. The average Bonchev–Trinajstić information content (AvgIpc) is 2.82. The topological polar surface area (TPSA) is 54.9 Å². The lowest BCUT2D eigenvalue weighted by molar-refractivity contribution is 0.483. The molecule has 3 rings (SSSR count). The fourth-order valence-corrected chi connectivity index (χ4v) is 3.06. The van der Waals surface area contributed by atoms with Crippen LogP contribution in [0.2, 0.25) is 0 Å². The molecular weight excluding hydrogens is 296 g/mol. The van der Waals surface area contributed by atoms with E-state index in [9.17, 15) is 9.59 Å². The van der Waals surface area contributed by atoms with Crippen LogP contribution in [0.15, 0.2) is 32.3 Å². The minimum atomic E-state index is -0.294. The van der Waals surface area contributed by atoms with Crippen LogP contribution in [0.4, 0.5) is 0 Å². The first-order valence-electron chi connectivity index (χ1n) is 6.11. The quantitative estimate of drug-likeness (QED) is 0.880. The van der Waals surface area contributed by atoms with Crippen molar-refractivity contribution < 1.29 is 0 Å². The molecule has 1 aliphatic rings. The molecule has 1 fully saturated rings. The zero-order valence-corrected chi connectivity index (χ0v) is 11.4. The third-order valence-electron chi connectivity index (χ3n) is 3.58. The molecule has 5 heteroatoms. The zero-order valence-electron chi connectivity index (χ0n) is 9.78. The maximum absolute atomic E-state index is 12.4. The number of aromatic amines is 1. The van der Waals surface area contributed by atoms with Gasteiger partial charge in [-0.25, -0.2) is 4.79 Å². The predicted octanol–water partition coefficient (Wildman–Crippen LogP) is 2.57. The summed E-state index contributed by atoms with van der Waals surface area (Å²) < 4.78 is 2.24. The van der Waals surface area contributed by atoms with E-state index in [2.05, 4.69) is 20.9 Å². The third kappa shape index (κ3) is 1.82. The first-order chi connectivity index (χ1) is 8.66. The van der Waals surface area contributed by atoms with Crippen LogP contribution in [-0.2, 0) is 0 Å². The number of H-pyrrole nitrogens is 1. The van der Waals surface area contributed by atoms with Crippen molar-refractivity contribution in [2.75, 3.05) is 0 Å². The number of benzene rings is 1. The minimum Gasteiger partial charge on any atom is -0.307 e. The Labute approximate surface area is 112 Å². The largest absolute Gasteiger partial charge is 0.329 e. The van der Waals surface area contributed by atoms with Gasteiger partial charge in [0.05, 0.1) is 10.9 Å². The monoisotopic (exact) mass is 308 g/mol. The predicted molar refractivity (Wildman–Crippen MR) is 74.0 cm³/mol. The second-order valence-electron chi connectivity index (χ2n) is 4.73. The molecule has 0 bridgehead atoms. The summed E-state index contributed by atoms with van der Waals surface area (Å²) in [6.07, 6.45) is 4.03. The van der Waals surface area contributed by atoms with Crippen molar-refractivity contribution in [3.05, 3.63) is 43.5 Å². The molecular formula is C13H13BrN2O2. The third-order valence-corrected chi connectivity index (χ3v) is 4.07. The van der Waals surface area contributed by atoms with Crippen LogP contribution in [0.3, 0.4) is 0 Å². The Bertz CT molecular complexity index is 711. The van der Waals surface area contributed by atoms with Crippen molar-refractivity contribution in [3.8, 4) is 0 Å². The highest BCUT2D eigenvalue weighted by atomic mass is 79.9. The van der Waals surface area contributed by atoms with Gasteiger partial charge in [0.2, 0.25) is 0 Å². The second kappa shape index (κ2) is 4.39. The van der Waals surface area contributed by atoms with Gasteiger partial charge in [-0.05, 0) is 31.0 Å². The summed E-state index contributed by atoms with van der Waals surface area (Å²) in [6, 6.07) is 5.40. The van der Waals surface area contributed by atoms with Crippen LogP contribution in [0, 0.1) is 0 Å². The Hall–Kier alpha value is -1.36. The Kier molecular flexibility index (Phi) is 2.86. The van der Waals surface area contributed by atoms with Crippen LogP contribution in [-0.4, -0.2) is 9.55 Å². The molecule has 0 atom stereocenters. The second-order valence-corrected chi connectivity index (χ2v) is 5.65. The molecule has 0 spiro atoms. The van der Waals surface area contributed by atoms with Crippen molar-refractivity contribution in [3.63, 3.8) is 0 Å². The van der Waals surface area contributed by atoms with Crippen LogP contribution in [0.25, 0.3) is 10.9 Å². The van der Waals surface area contributed by atoms with Gasteiger partial charge in [-0.3, -0.25) is 9.36 Å². The number of nitrogens with zero attached hydrogens (tertiary/aromatic N) is 1. The maximum Gasteiger partial charge on any atom is 0.329 e. The van der Waals surface area contributed by atoms with Crippen molar-refractivity contribution in [1.82, 2.24) is 9.55 Å². The van der Waals surface area contributed by atoms with E-state index < -0.39 is 0 Å². The van der Waals surface area contributed by atoms with Crippen molar-refractivity contribution >= 4 is 26.8 Å². The molecule has 1 N–H and O–H groups in total. The van der Waals surface area contributed by atoms with E-state index in [-0.39, 0.29) is 17.3 Å². The van der Waals surface area contributed by atoms with Crippen LogP contribution in [0.5, 0.6) is 0 Å². The molecule has 18 heavy (non-hydrogen) atoms. The van der Waals surface area contributed by atoms with E-state index in [4.69, 9.17) is 0 Å². The van der Waals surface area contributed by atoms with E-state index in [0.29, 0.717) is 10.9 Å². The Morgan fingerprint density at radius 2 is 1.94 bits per heavy atom. The molecule has 4 nitrogen and oxygen atoms in total. The number of hydrogen-bond acceptors (Lipinski definition) is 2. The normalized spacial score (nSPS) is 16.5. The van der Waals surface area contributed by atoms with Gasteiger partial charge in [-0.1, -0.05) is 28.8 Å². The highest BCUT2D eigenvalue weighted by Crippen LogP contribution is 2.27. The molecule has 1 aliphatic carbocycles. The number of nitrogens with one attached hydrogen (secondary N) is 1. The summed E-state index contributed by atoms with van der Waals surface area (Å²) in [6.45, 7) is 0. The Morgan fingerprint density at radius 3 is 2.67 bits per heavy atom. The Morgan fingerprint density at radius 1 is 1.22 bits per heavy atom. The Balaban J connectivity index is 2.30. The smallest absolute Gasteiger partial charge is 0.307 e. The van der Waals surface area contributed by atoms with Crippen LogP contribution < -0.4 is 11.2 Å². The summed E-state index contributed by atoms with van der Waals surface area (Å²) in [4.78, 5) is 27.2. The van der Waals surface area contributed by atoms with Gasteiger partial charge < -0.3 is 4.98 Å². The lowest BCUT2D eigenvalue weighted by Gasteiger charge is -2.12. The van der Waals surface area contributed by atoms with Gasteiger partial charge in [0, 0.05) is 10.5 Å². The average molecular weight is 309 g/mol. The molecule has 0 saturated heterocycles. The fraction of sp³-hybridized carbons (Fsp3) is 0.385. The van der Waals surface area contributed by atoms with Gasteiger partial charge >= 0.3 is 5.69 Å². The van der Waals surface area contributed by atoms with Gasteiger partial charge in [0.25, 0.3) is 5.56 Å². The molecule has 2 aromatic rings. The molecule has 0 amide bonds. The fourth-order valence-electron chi connectivity index (χ4n) is 2.70. The lowest BCUT2D eigenvalue weighted by Crippen LogP contribution is -2.37. The summed E-state index contributed by atoms with van der Waals surface area (Å²) >= 11 is 3.34. The molecule has 1 aromatic carbocycles. The van der Waals surface area contributed by atoms with E-state index in [1.807, 2.05) is 6.07 Å². The van der Waals surface area contributed by atoms with Crippen molar-refractivity contribution in [2.24, 2.45) is 0 Å². The summed E-state index contributed by atoms with van der Waals surface area (Å²) in [7, 11) is 0. The first-order valence-corrected chi connectivity index (χ1v) is 6.90. The van der Waals surface area contributed by atoms with Crippen LogP contribution >= 0.6 is 15.9 Å². The van der Waals surface area contributed by atoms with E-state index in [1.54, 1.807) is 12.1 Å². The summed E-state index contributed by atoms with van der Waals surface area (Å²) in [5.74, 6) is 0. The first kappa shape index (κ1) is 11.7. The minimum absolute atomic E-state index is 0.0642. The van der Waals surface area contributed by atoms with E-state index >= 15 is 0 Å². The molecule has 0 unspecified atom stereocenters. The molecule has 0 radical (unpaired) electrons. The SMILES string of the molecule is O=c1[nH]c2cc(Br)ccc2c(=O)n1C1CCCC1. The number of rotatable bonds is 1. The van der Waals surface area contributed by atoms with Crippen LogP contribution in [0.1, 0.15) is 31.7 Å². The van der Waals surface area contributed by atoms with Gasteiger partial charge in [-0.2, -0.15) is 0 Å². The molecule has 1 aromatic heterocycles. The molecule has 0 aliphatic heterocycles. The van der Waals surface area contributed by atoms with Crippen molar-refractivity contribution in [1.29, 1.82) is 0 Å². The number of hydrogen-bond donors (Lipinski definition) is 1. The number of halogens is 1. The summed E-state index contributed by atoms with van der Waals surface area (Å²) in [5, 5.41) is 0.574. The summed E-state index contributed by atoms with van der Waals surface area (Å²) in [5.41, 5.74) is 0.124. The number of fused-ring (bicyclic) bond motifs is 1. The number of aromatic nitrogens is 2. The standard InChI is InChI=1S/C13H13BrN2O2/c14-8-5-6-10-11(7-8)15-13(18)16(12(10)17)9-3-1-2-4-9/h5-7,9H,1-4H2,(H,15,18). The van der Waals surface area contributed by atoms with Crippen molar-refractivity contribution in [2.45, 2.75) is 31.7 Å². The molecule has 1 heterocycles. The molecule has 94 valence electrons. The van der Waals surface area contributed by atoms with E-state index in [0.717, 1.165) is 30.2 Å².